The van der Waals surface area contributed by atoms with E-state index in [9.17, 15) is 0 Å². The van der Waals surface area contributed by atoms with E-state index >= 15 is 0 Å². The zero-order valence-electron chi connectivity index (χ0n) is 11.4. The standard InChI is InChI=1S/C14H18BrN3O/c1-10(2)18-9-12(8-17-18)16-7-11-6-13(19-3)4-5-14(11)15/h4-6,8-10,16H,7H2,1-3H3. The molecule has 102 valence electrons. The van der Waals surface area contributed by atoms with E-state index in [2.05, 4.69) is 40.2 Å². The molecule has 2 rings (SSSR count). The number of methoxy groups -OCH3 is 1. The molecule has 1 N–H and O–H groups in total. The minimum absolute atomic E-state index is 0.374. The van der Waals surface area contributed by atoms with Crippen LogP contribution in [0.25, 0.3) is 0 Å². The van der Waals surface area contributed by atoms with Crippen molar-refractivity contribution in [2.45, 2.75) is 26.4 Å². The van der Waals surface area contributed by atoms with Crippen LogP contribution < -0.4 is 10.1 Å². The summed E-state index contributed by atoms with van der Waals surface area (Å²) in [7, 11) is 1.67. The van der Waals surface area contributed by atoms with Crippen molar-refractivity contribution in [3.8, 4) is 5.75 Å². The maximum absolute atomic E-state index is 5.23. The minimum atomic E-state index is 0.374. The van der Waals surface area contributed by atoms with Gasteiger partial charge in [-0.3, -0.25) is 4.68 Å². The van der Waals surface area contributed by atoms with Gasteiger partial charge in [-0.2, -0.15) is 5.10 Å². The maximum Gasteiger partial charge on any atom is 0.119 e. The van der Waals surface area contributed by atoms with Gasteiger partial charge in [0.1, 0.15) is 5.75 Å². The number of benzene rings is 1. The predicted molar refractivity (Wildman–Crippen MR) is 80.6 cm³/mol. The first kappa shape index (κ1) is 13.9. The molecule has 0 saturated heterocycles. The van der Waals surface area contributed by atoms with E-state index in [1.165, 1.54) is 0 Å². The Morgan fingerprint density at radius 1 is 1.42 bits per heavy atom. The smallest absolute Gasteiger partial charge is 0.119 e. The van der Waals surface area contributed by atoms with E-state index in [-0.39, 0.29) is 0 Å². The monoisotopic (exact) mass is 323 g/mol. The molecule has 1 aromatic carbocycles. The van der Waals surface area contributed by atoms with Gasteiger partial charge in [0, 0.05) is 23.3 Å². The summed E-state index contributed by atoms with van der Waals surface area (Å²) in [5.74, 6) is 0.859. The maximum atomic E-state index is 5.23. The number of hydrogen-bond acceptors (Lipinski definition) is 3. The first-order valence-corrected chi connectivity index (χ1v) is 7.00. The summed E-state index contributed by atoms with van der Waals surface area (Å²) in [6.07, 6.45) is 3.85. The number of ether oxygens (including phenoxy) is 1. The third-order valence-corrected chi connectivity index (χ3v) is 3.64. The largest absolute Gasteiger partial charge is 0.497 e. The van der Waals surface area contributed by atoms with Gasteiger partial charge in [-0.05, 0) is 37.6 Å². The SMILES string of the molecule is COc1ccc(Br)c(CNc2cnn(C(C)C)c2)c1. The fourth-order valence-corrected chi connectivity index (χ4v) is 2.11. The summed E-state index contributed by atoms with van der Waals surface area (Å²) in [5, 5.41) is 7.66. The van der Waals surface area contributed by atoms with Crippen molar-refractivity contribution in [1.82, 2.24) is 9.78 Å². The van der Waals surface area contributed by atoms with Gasteiger partial charge in [0.05, 0.1) is 19.0 Å². The Labute approximate surface area is 121 Å². The lowest BCUT2D eigenvalue weighted by molar-refractivity contribution is 0.414. The Morgan fingerprint density at radius 2 is 2.21 bits per heavy atom. The predicted octanol–water partition coefficient (Wildman–Crippen LogP) is 3.85. The normalized spacial score (nSPS) is 10.8. The lowest BCUT2D eigenvalue weighted by Gasteiger charge is -2.08. The van der Waals surface area contributed by atoms with Gasteiger partial charge >= 0.3 is 0 Å². The lowest BCUT2D eigenvalue weighted by atomic mass is 10.2. The number of hydrogen-bond donors (Lipinski definition) is 1. The van der Waals surface area contributed by atoms with Crippen LogP contribution in [0.5, 0.6) is 5.75 Å². The van der Waals surface area contributed by atoms with Crippen molar-refractivity contribution in [3.63, 3.8) is 0 Å². The molecule has 0 atom stereocenters. The molecule has 5 heteroatoms. The van der Waals surface area contributed by atoms with Gasteiger partial charge in [-0.25, -0.2) is 0 Å². The number of halogens is 1. The Bertz CT molecular complexity index is 551. The number of nitrogens with zero attached hydrogens (tertiary/aromatic N) is 2. The van der Waals surface area contributed by atoms with E-state index in [0.29, 0.717) is 6.04 Å². The van der Waals surface area contributed by atoms with Crippen LogP contribution in [0.15, 0.2) is 35.1 Å². The second-order valence-electron chi connectivity index (χ2n) is 4.61. The molecule has 0 aliphatic rings. The van der Waals surface area contributed by atoms with Gasteiger partial charge in [0.15, 0.2) is 0 Å². The number of nitrogens with one attached hydrogen (secondary N) is 1. The van der Waals surface area contributed by atoms with Gasteiger partial charge in [0.2, 0.25) is 0 Å². The number of aromatic nitrogens is 2. The first-order valence-electron chi connectivity index (χ1n) is 6.20. The highest BCUT2D eigenvalue weighted by Crippen LogP contribution is 2.23. The van der Waals surface area contributed by atoms with Crippen LogP contribution in [0.1, 0.15) is 25.5 Å². The van der Waals surface area contributed by atoms with Crippen LogP contribution in [-0.4, -0.2) is 16.9 Å². The fraction of sp³-hybridized carbons (Fsp3) is 0.357. The third-order valence-electron chi connectivity index (χ3n) is 2.87. The Balaban J connectivity index is 2.05. The molecule has 1 heterocycles. The molecule has 0 bridgehead atoms. The van der Waals surface area contributed by atoms with E-state index in [1.54, 1.807) is 7.11 Å². The van der Waals surface area contributed by atoms with Gasteiger partial charge < -0.3 is 10.1 Å². The molecule has 2 aromatic rings. The van der Waals surface area contributed by atoms with Crippen molar-refractivity contribution >= 4 is 21.6 Å². The Kier molecular flexibility index (Phi) is 4.47. The molecule has 0 aliphatic heterocycles. The van der Waals surface area contributed by atoms with Gasteiger partial charge in [-0.15, -0.1) is 0 Å². The van der Waals surface area contributed by atoms with Crippen molar-refractivity contribution in [2.75, 3.05) is 12.4 Å². The molecular formula is C14H18BrN3O. The van der Waals surface area contributed by atoms with Crippen LogP contribution in [0, 0.1) is 0 Å². The summed E-state index contributed by atoms with van der Waals surface area (Å²) in [6, 6.07) is 6.32. The highest BCUT2D eigenvalue weighted by atomic mass is 79.9. The molecule has 0 radical (unpaired) electrons. The first-order chi connectivity index (χ1) is 9.10. The third kappa shape index (κ3) is 3.50. The summed E-state index contributed by atoms with van der Waals surface area (Å²) >= 11 is 3.55. The Hall–Kier alpha value is -1.49. The molecule has 0 spiro atoms. The van der Waals surface area contributed by atoms with E-state index in [4.69, 9.17) is 4.74 Å². The summed E-state index contributed by atoms with van der Waals surface area (Å²) < 4.78 is 8.23. The average Bonchev–Trinajstić information content (AvgIpc) is 2.87. The molecule has 0 unspecified atom stereocenters. The van der Waals surface area contributed by atoms with Crippen LogP contribution in [0.4, 0.5) is 5.69 Å². The second-order valence-corrected chi connectivity index (χ2v) is 5.47. The highest BCUT2D eigenvalue weighted by molar-refractivity contribution is 9.10. The average molecular weight is 324 g/mol. The minimum Gasteiger partial charge on any atom is -0.497 e. The van der Waals surface area contributed by atoms with Crippen LogP contribution >= 0.6 is 15.9 Å². The Morgan fingerprint density at radius 3 is 2.84 bits per heavy atom. The van der Waals surface area contributed by atoms with E-state index < -0.39 is 0 Å². The zero-order chi connectivity index (χ0) is 13.8. The van der Waals surface area contributed by atoms with Crippen molar-refractivity contribution in [2.24, 2.45) is 0 Å². The second kappa shape index (κ2) is 6.10. The highest BCUT2D eigenvalue weighted by Gasteiger charge is 2.04. The van der Waals surface area contributed by atoms with Crippen LogP contribution in [0.2, 0.25) is 0 Å². The van der Waals surface area contributed by atoms with Crippen molar-refractivity contribution in [3.05, 3.63) is 40.6 Å². The molecule has 19 heavy (non-hydrogen) atoms. The number of rotatable bonds is 5. The summed E-state index contributed by atoms with van der Waals surface area (Å²) in [4.78, 5) is 0. The molecule has 1 aromatic heterocycles. The van der Waals surface area contributed by atoms with Crippen molar-refractivity contribution in [1.29, 1.82) is 0 Å². The number of anilines is 1. The molecular weight excluding hydrogens is 306 g/mol. The van der Waals surface area contributed by atoms with E-state index in [1.807, 2.05) is 35.3 Å². The molecule has 0 amide bonds. The molecule has 0 saturated carbocycles. The quantitative estimate of drug-likeness (QED) is 0.908. The fourth-order valence-electron chi connectivity index (χ4n) is 1.72. The lowest BCUT2D eigenvalue weighted by Crippen LogP contribution is -2.01. The molecule has 0 fully saturated rings. The topological polar surface area (TPSA) is 39.1 Å². The van der Waals surface area contributed by atoms with Crippen molar-refractivity contribution < 1.29 is 4.74 Å². The summed E-state index contributed by atoms with van der Waals surface area (Å²) in [5.41, 5.74) is 2.17. The zero-order valence-corrected chi connectivity index (χ0v) is 12.9. The van der Waals surface area contributed by atoms with Crippen LogP contribution in [-0.2, 0) is 6.54 Å². The molecule has 4 nitrogen and oxygen atoms in total. The van der Waals surface area contributed by atoms with Gasteiger partial charge in [-0.1, -0.05) is 15.9 Å². The van der Waals surface area contributed by atoms with Gasteiger partial charge in [0.25, 0.3) is 0 Å². The molecule has 0 aliphatic carbocycles. The van der Waals surface area contributed by atoms with Crippen LogP contribution in [0.3, 0.4) is 0 Å². The van der Waals surface area contributed by atoms with E-state index in [0.717, 1.165) is 28.0 Å². The summed E-state index contributed by atoms with van der Waals surface area (Å²) in [6.45, 7) is 4.94.